The monoisotopic (exact) mass is 397 g/mol. The zero-order valence-corrected chi connectivity index (χ0v) is 16.9. The summed E-state index contributed by atoms with van der Waals surface area (Å²) in [6, 6.07) is 10.4. The van der Waals surface area contributed by atoms with Crippen molar-refractivity contribution in [3.63, 3.8) is 0 Å². The summed E-state index contributed by atoms with van der Waals surface area (Å²) in [5, 5.41) is 12.2. The summed E-state index contributed by atoms with van der Waals surface area (Å²) in [7, 11) is 0. The first-order chi connectivity index (χ1) is 13.5. The van der Waals surface area contributed by atoms with Gasteiger partial charge in [-0.05, 0) is 32.3 Å². The van der Waals surface area contributed by atoms with Crippen LogP contribution in [0.2, 0.25) is 5.15 Å². The highest BCUT2D eigenvalue weighted by Crippen LogP contribution is 2.31. The number of rotatable bonds is 5. The molecule has 1 amide bonds. The van der Waals surface area contributed by atoms with E-state index >= 15 is 0 Å². The van der Waals surface area contributed by atoms with Crippen molar-refractivity contribution in [2.24, 2.45) is 0 Å². The largest absolute Gasteiger partial charge is 0.307 e. The van der Waals surface area contributed by atoms with Gasteiger partial charge in [-0.1, -0.05) is 54.3 Å². The number of carbonyl (C=O) groups is 1. The number of carbonyl (C=O) groups excluding carboxylic acids is 1. The van der Waals surface area contributed by atoms with Gasteiger partial charge in [0.25, 0.3) is 5.91 Å². The molecule has 1 saturated carbocycles. The zero-order chi connectivity index (χ0) is 19.7. The number of amides is 1. The standard InChI is InChI=1S/C21H24ClN5O/c1-14-7-9-16(10-8-14)13-26-20(22)19(15(2)25-26)21(28)24-18-11-12-23-27(18)17-5-3-4-6-17/h7-12,17H,3-6,13H2,1-2H3,(H,24,28). The van der Waals surface area contributed by atoms with Crippen LogP contribution in [0.25, 0.3) is 0 Å². The number of hydrogen-bond acceptors (Lipinski definition) is 3. The third-order valence-corrected chi connectivity index (χ3v) is 5.71. The number of halogens is 1. The van der Waals surface area contributed by atoms with Crippen LogP contribution < -0.4 is 5.32 Å². The number of nitrogens with zero attached hydrogens (tertiary/aromatic N) is 4. The highest BCUT2D eigenvalue weighted by atomic mass is 35.5. The number of benzene rings is 1. The van der Waals surface area contributed by atoms with Gasteiger partial charge in [-0.2, -0.15) is 10.2 Å². The number of aryl methyl sites for hydroxylation is 2. The van der Waals surface area contributed by atoms with Crippen LogP contribution in [0.1, 0.15) is 58.9 Å². The van der Waals surface area contributed by atoms with E-state index in [9.17, 15) is 4.79 Å². The van der Waals surface area contributed by atoms with Gasteiger partial charge >= 0.3 is 0 Å². The van der Waals surface area contributed by atoms with E-state index in [2.05, 4.69) is 27.6 Å². The molecule has 0 atom stereocenters. The first kappa shape index (κ1) is 18.7. The topological polar surface area (TPSA) is 64.7 Å². The van der Waals surface area contributed by atoms with Crippen LogP contribution in [-0.2, 0) is 6.54 Å². The average Bonchev–Trinajstić information content (AvgIpc) is 3.38. The number of hydrogen-bond donors (Lipinski definition) is 1. The Morgan fingerprint density at radius 1 is 1.18 bits per heavy atom. The van der Waals surface area contributed by atoms with E-state index in [4.69, 9.17) is 11.6 Å². The van der Waals surface area contributed by atoms with Crippen LogP contribution in [-0.4, -0.2) is 25.5 Å². The van der Waals surface area contributed by atoms with Gasteiger partial charge in [-0.15, -0.1) is 0 Å². The molecule has 28 heavy (non-hydrogen) atoms. The number of aromatic nitrogens is 4. The van der Waals surface area contributed by atoms with E-state index < -0.39 is 0 Å². The SMILES string of the molecule is Cc1ccc(Cn2nc(C)c(C(=O)Nc3ccnn3C3CCCC3)c2Cl)cc1. The molecule has 146 valence electrons. The van der Waals surface area contributed by atoms with Gasteiger partial charge in [0.1, 0.15) is 11.0 Å². The van der Waals surface area contributed by atoms with Crippen molar-refractivity contribution in [1.82, 2.24) is 19.6 Å². The fourth-order valence-corrected chi connectivity index (χ4v) is 4.13. The summed E-state index contributed by atoms with van der Waals surface area (Å²) >= 11 is 6.53. The second-order valence-corrected chi connectivity index (χ2v) is 7.81. The van der Waals surface area contributed by atoms with Gasteiger partial charge in [0.05, 0.1) is 30.0 Å². The first-order valence-electron chi connectivity index (χ1n) is 9.66. The van der Waals surface area contributed by atoms with Crippen LogP contribution in [0.15, 0.2) is 36.5 Å². The van der Waals surface area contributed by atoms with Crippen molar-refractivity contribution in [2.75, 3.05) is 5.32 Å². The van der Waals surface area contributed by atoms with Gasteiger partial charge in [0.15, 0.2) is 0 Å². The predicted molar refractivity (Wildman–Crippen MR) is 110 cm³/mol. The molecule has 1 aliphatic carbocycles. The highest BCUT2D eigenvalue weighted by Gasteiger charge is 2.24. The van der Waals surface area contributed by atoms with Crippen LogP contribution >= 0.6 is 11.6 Å². The molecule has 7 heteroatoms. The molecule has 0 aliphatic heterocycles. The molecule has 0 bridgehead atoms. The lowest BCUT2D eigenvalue weighted by atomic mass is 10.1. The molecule has 1 fully saturated rings. The van der Waals surface area contributed by atoms with Crippen molar-refractivity contribution in [3.8, 4) is 0 Å². The Hall–Kier alpha value is -2.60. The summed E-state index contributed by atoms with van der Waals surface area (Å²) in [6.07, 6.45) is 6.32. The molecule has 1 aromatic carbocycles. The summed E-state index contributed by atoms with van der Waals surface area (Å²) in [5.41, 5.74) is 3.31. The maximum Gasteiger partial charge on any atom is 0.261 e. The molecule has 0 saturated heterocycles. The molecular formula is C21H24ClN5O. The molecule has 0 spiro atoms. The molecule has 1 N–H and O–H groups in total. The van der Waals surface area contributed by atoms with E-state index in [1.807, 2.05) is 29.8 Å². The van der Waals surface area contributed by atoms with Crippen LogP contribution in [0.3, 0.4) is 0 Å². The molecule has 1 aliphatic rings. The predicted octanol–water partition coefficient (Wildman–Crippen LogP) is 4.77. The second kappa shape index (κ2) is 7.80. The Kier molecular flexibility index (Phi) is 5.22. The quantitative estimate of drug-likeness (QED) is 0.674. The average molecular weight is 398 g/mol. The zero-order valence-electron chi connectivity index (χ0n) is 16.2. The molecule has 3 aromatic rings. The Bertz CT molecular complexity index is 983. The Balaban J connectivity index is 1.54. The number of anilines is 1. The first-order valence-corrected chi connectivity index (χ1v) is 10.0. The lowest BCUT2D eigenvalue weighted by molar-refractivity contribution is 0.102. The molecule has 2 aromatic heterocycles. The summed E-state index contributed by atoms with van der Waals surface area (Å²) in [4.78, 5) is 12.9. The molecule has 4 rings (SSSR count). The third kappa shape index (κ3) is 3.69. The third-order valence-electron chi connectivity index (χ3n) is 5.33. The number of nitrogens with one attached hydrogen (secondary N) is 1. The van der Waals surface area contributed by atoms with E-state index in [1.54, 1.807) is 17.8 Å². The van der Waals surface area contributed by atoms with Crippen LogP contribution in [0.5, 0.6) is 0 Å². The van der Waals surface area contributed by atoms with E-state index in [1.165, 1.54) is 18.4 Å². The second-order valence-electron chi connectivity index (χ2n) is 7.45. The highest BCUT2D eigenvalue weighted by molar-refractivity contribution is 6.33. The van der Waals surface area contributed by atoms with Gasteiger partial charge in [-0.3, -0.25) is 4.79 Å². The van der Waals surface area contributed by atoms with Crippen LogP contribution in [0, 0.1) is 13.8 Å². The molecular weight excluding hydrogens is 374 g/mol. The maximum absolute atomic E-state index is 12.9. The van der Waals surface area contributed by atoms with Crippen LogP contribution in [0.4, 0.5) is 5.82 Å². The summed E-state index contributed by atoms with van der Waals surface area (Å²) < 4.78 is 3.59. The normalized spacial score (nSPS) is 14.5. The summed E-state index contributed by atoms with van der Waals surface area (Å²) in [5.74, 6) is 0.455. The van der Waals surface area contributed by atoms with Gasteiger partial charge in [-0.25, -0.2) is 9.36 Å². The lowest BCUT2D eigenvalue weighted by Gasteiger charge is -2.14. The van der Waals surface area contributed by atoms with Crippen molar-refractivity contribution < 1.29 is 4.79 Å². The molecule has 6 nitrogen and oxygen atoms in total. The van der Waals surface area contributed by atoms with E-state index in [0.717, 1.165) is 18.4 Å². The van der Waals surface area contributed by atoms with Gasteiger partial charge in [0, 0.05) is 6.07 Å². The Morgan fingerprint density at radius 3 is 2.61 bits per heavy atom. The smallest absolute Gasteiger partial charge is 0.261 e. The minimum absolute atomic E-state index is 0.252. The molecule has 2 heterocycles. The van der Waals surface area contributed by atoms with E-state index in [0.29, 0.717) is 34.8 Å². The fraction of sp³-hybridized carbons (Fsp3) is 0.381. The molecule has 0 radical (unpaired) electrons. The van der Waals surface area contributed by atoms with Crippen molar-refractivity contribution in [1.29, 1.82) is 0 Å². The van der Waals surface area contributed by atoms with Gasteiger partial charge < -0.3 is 5.32 Å². The minimum Gasteiger partial charge on any atom is -0.307 e. The Labute approximate surface area is 169 Å². The fourth-order valence-electron chi connectivity index (χ4n) is 3.81. The van der Waals surface area contributed by atoms with Crippen molar-refractivity contribution in [3.05, 3.63) is 64.1 Å². The van der Waals surface area contributed by atoms with Crippen molar-refractivity contribution in [2.45, 2.75) is 52.1 Å². The van der Waals surface area contributed by atoms with E-state index in [-0.39, 0.29) is 5.91 Å². The lowest BCUT2D eigenvalue weighted by Crippen LogP contribution is -2.18. The summed E-state index contributed by atoms with van der Waals surface area (Å²) in [6.45, 7) is 4.38. The molecule has 0 unspecified atom stereocenters. The minimum atomic E-state index is -0.252. The maximum atomic E-state index is 12.9. The van der Waals surface area contributed by atoms with Gasteiger partial charge in [0.2, 0.25) is 0 Å². The Morgan fingerprint density at radius 2 is 1.89 bits per heavy atom. The van der Waals surface area contributed by atoms with Crippen molar-refractivity contribution >= 4 is 23.3 Å².